The Bertz CT molecular complexity index is 512. The Morgan fingerprint density at radius 3 is 2.41 bits per heavy atom. The molecule has 0 saturated carbocycles. The smallest absolute Gasteiger partial charge is 0.235 e. The van der Waals surface area contributed by atoms with Crippen LogP contribution in [0, 0.1) is 6.92 Å². The van der Waals surface area contributed by atoms with Crippen LogP contribution in [-0.4, -0.2) is 20.8 Å². The Morgan fingerprint density at radius 1 is 1.35 bits per heavy atom. The fourth-order valence-corrected chi connectivity index (χ4v) is 2.60. The summed E-state index contributed by atoms with van der Waals surface area (Å²) in [5.41, 5.74) is 1.30. The van der Waals surface area contributed by atoms with Crippen LogP contribution in [0.1, 0.15) is 19.4 Å². The number of benzene rings is 1. The van der Waals surface area contributed by atoms with Crippen LogP contribution in [0.3, 0.4) is 0 Å². The van der Waals surface area contributed by atoms with Gasteiger partial charge in [-0.2, -0.15) is 0 Å². The average Bonchev–Trinajstić information content (AvgIpc) is 2.21. The summed E-state index contributed by atoms with van der Waals surface area (Å²) in [4.78, 5) is 0. The molecule has 0 spiro atoms. The predicted molar refractivity (Wildman–Crippen MR) is 73.1 cm³/mol. The minimum Gasteiger partial charge on any atom is -0.495 e. The van der Waals surface area contributed by atoms with Crippen molar-refractivity contribution in [3.05, 3.63) is 22.2 Å². The number of methoxy groups -OCH3 is 1. The molecule has 1 aromatic carbocycles. The first-order valence-electron chi connectivity index (χ1n) is 5.13. The molecule has 6 heteroatoms. The van der Waals surface area contributed by atoms with E-state index in [1.807, 2.05) is 13.0 Å². The second-order valence-corrected chi connectivity index (χ2v) is 7.15. The third-order valence-electron chi connectivity index (χ3n) is 2.35. The van der Waals surface area contributed by atoms with Crippen LogP contribution < -0.4 is 9.46 Å². The summed E-state index contributed by atoms with van der Waals surface area (Å²) < 4.78 is 32.2. The van der Waals surface area contributed by atoms with Crippen LogP contribution in [0.5, 0.6) is 5.75 Å². The van der Waals surface area contributed by atoms with Crippen LogP contribution in [0.15, 0.2) is 16.6 Å². The van der Waals surface area contributed by atoms with Crippen LogP contribution in [0.2, 0.25) is 0 Å². The Balaban J connectivity index is 3.24. The third-order valence-corrected chi connectivity index (χ3v) is 4.54. The summed E-state index contributed by atoms with van der Waals surface area (Å²) in [6, 6.07) is 3.56. The van der Waals surface area contributed by atoms with E-state index in [-0.39, 0.29) is 0 Å². The summed E-state index contributed by atoms with van der Waals surface area (Å²) in [7, 11) is -1.86. The second-order valence-electron chi connectivity index (χ2n) is 4.00. The zero-order valence-corrected chi connectivity index (χ0v) is 12.6. The third kappa shape index (κ3) is 3.35. The predicted octanol–water partition coefficient (Wildman–Crippen LogP) is 2.92. The Morgan fingerprint density at radius 2 is 1.94 bits per heavy atom. The lowest BCUT2D eigenvalue weighted by Gasteiger charge is -2.16. The molecule has 0 aliphatic carbocycles. The molecule has 0 aliphatic rings. The van der Waals surface area contributed by atoms with Crippen molar-refractivity contribution in [2.24, 2.45) is 0 Å². The average molecular weight is 322 g/mol. The number of sulfonamides is 1. The van der Waals surface area contributed by atoms with Gasteiger partial charge in [-0.1, -0.05) is 15.9 Å². The first-order valence-corrected chi connectivity index (χ1v) is 7.47. The number of nitrogens with one attached hydrogen (secondary N) is 1. The molecule has 0 fully saturated rings. The number of anilines is 1. The van der Waals surface area contributed by atoms with Crippen molar-refractivity contribution in [2.45, 2.75) is 26.0 Å². The SMILES string of the molecule is COc1cc(Br)cc(C)c1NS(=O)(=O)C(C)C. The highest BCUT2D eigenvalue weighted by Gasteiger charge is 2.19. The minimum atomic E-state index is -3.36. The van der Waals surface area contributed by atoms with Crippen molar-refractivity contribution in [1.82, 2.24) is 0 Å². The Hall–Kier alpha value is -0.750. The topological polar surface area (TPSA) is 55.4 Å². The van der Waals surface area contributed by atoms with E-state index < -0.39 is 15.3 Å². The van der Waals surface area contributed by atoms with Gasteiger partial charge in [0.2, 0.25) is 10.0 Å². The van der Waals surface area contributed by atoms with E-state index in [2.05, 4.69) is 20.7 Å². The van der Waals surface area contributed by atoms with Gasteiger partial charge < -0.3 is 4.74 Å². The number of halogens is 1. The van der Waals surface area contributed by atoms with Gasteiger partial charge in [-0.15, -0.1) is 0 Å². The van der Waals surface area contributed by atoms with E-state index in [0.29, 0.717) is 11.4 Å². The molecular formula is C11H16BrNO3S. The van der Waals surface area contributed by atoms with Gasteiger partial charge in [-0.25, -0.2) is 8.42 Å². The number of hydrogen-bond donors (Lipinski definition) is 1. The summed E-state index contributed by atoms with van der Waals surface area (Å²) in [5.74, 6) is 0.501. The fraction of sp³-hybridized carbons (Fsp3) is 0.455. The molecule has 0 aromatic heterocycles. The van der Waals surface area contributed by atoms with Gasteiger partial charge in [0.05, 0.1) is 18.0 Å². The molecule has 17 heavy (non-hydrogen) atoms. The summed E-state index contributed by atoms with van der Waals surface area (Å²) >= 11 is 3.34. The molecule has 1 rings (SSSR count). The van der Waals surface area contributed by atoms with Gasteiger partial charge in [0.1, 0.15) is 5.75 Å². The molecule has 1 N–H and O–H groups in total. The van der Waals surface area contributed by atoms with Gasteiger partial charge in [0.15, 0.2) is 0 Å². The first-order chi connectivity index (χ1) is 7.77. The van der Waals surface area contributed by atoms with E-state index in [1.165, 1.54) is 7.11 Å². The van der Waals surface area contributed by atoms with Crippen molar-refractivity contribution in [3.63, 3.8) is 0 Å². The lowest BCUT2D eigenvalue weighted by Crippen LogP contribution is -2.23. The zero-order valence-electron chi connectivity index (χ0n) is 10.2. The molecule has 0 unspecified atom stereocenters. The van der Waals surface area contributed by atoms with E-state index in [9.17, 15) is 8.42 Å². The number of ether oxygens (including phenoxy) is 1. The highest BCUT2D eigenvalue weighted by atomic mass is 79.9. The Labute approximate surface area is 111 Å². The standard InChI is InChI=1S/C11H16BrNO3S/c1-7(2)17(14,15)13-11-8(3)5-9(12)6-10(11)16-4/h5-7,13H,1-4H3. The molecule has 4 nitrogen and oxygen atoms in total. The summed E-state index contributed by atoms with van der Waals surface area (Å²) in [6.45, 7) is 5.08. The fourth-order valence-electron chi connectivity index (χ4n) is 1.26. The lowest BCUT2D eigenvalue weighted by molar-refractivity contribution is 0.416. The van der Waals surface area contributed by atoms with Crippen LogP contribution >= 0.6 is 15.9 Å². The summed E-state index contributed by atoms with van der Waals surface area (Å²) in [5, 5.41) is -0.491. The number of rotatable bonds is 4. The molecular weight excluding hydrogens is 306 g/mol. The monoisotopic (exact) mass is 321 g/mol. The van der Waals surface area contributed by atoms with E-state index in [1.54, 1.807) is 19.9 Å². The van der Waals surface area contributed by atoms with Gasteiger partial charge in [-0.05, 0) is 38.5 Å². The van der Waals surface area contributed by atoms with E-state index in [0.717, 1.165) is 10.0 Å². The molecule has 0 heterocycles. The van der Waals surface area contributed by atoms with Gasteiger partial charge in [0.25, 0.3) is 0 Å². The molecule has 0 amide bonds. The molecule has 0 atom stereocenters. The van der Waals surface area contributed by atoms with Gasteiger partial charge in [0, 0.05) is 4.47 Å². The van der Waals surface area contributed by atoms with Crippen LogP contribution in [-0.2, 0) is 10.0 Å². The zero-order chi connectivity index (χ0) is 13.2. The summed E-state index contributed by atoms with van der Waals surface area (Å²) in [6.07, 6.45) is 0. The normalized spacial score (nSPS) is 11.6. The van der Waals surface area contributed by atoms with Crippen LogP contribution in [0.25, 0.3) is 0 Å². The molecule has 0 radical (unpaired) electrons. The van der Waals surface area contributed by atoms with Gasteiger partial charge >= 0.3 is 0 Å². The molecule has 0 saturated heterocycles. The highest BCUT2D eigenvalue weighted by Crippen LogP contribution is 2.33. The van der Waals surface area contributed by atoms with Crippen molar-refractivity contribution >= 4 is 31.6 Å². The van der Waals surface area contributed by atoms with E-state index in [4.69, 9.17) is 4.74 Å². The molecule has 0 aliphatic heterocycles. The van der Waals surface area contributed by atoms with Crippen LogP contribution in [0.4, 0.5) is 5.69 Å². The maximum absolute atomic E-state index is 11.8. The largest absolute Gasteiger partial charge is 0.495 e. The van der Waals surface area contributed by atoms with Gasteiger partial charge in [-0.3, -0.25) is 4.72 Å². The highest BCUT2D eigenvalue weighted by molar-refractivity contribution is 9.10. The molecule has 1 aromatic rings. The minimum absolute atomic E-state index is 0.490. The van der Waals surface area contributed by atoms with Crippen molar-refractivity contribution in [3.8, 4) is 5.75 Å². The maximum Gasteiger partial charge on any atom is 0.235 e. The molecule has 96 valence electrons. The van der Waals surface area contributed by atoms with E-state index >= 15 is 0 Å². The quantitative estimate of drug-likeness (QED) is 0.927. The maximum atomic E-state index is 11.8. The lowest BCUT2D eigenvalue weighted by atomic mass is 10.2. The number of aryl methyl sites for hydroxylation is 1. The van der Waals surface area contributed by atoms with Crippen molar-refractivity contribution in [1.29, 1.82) is 0 Å². The van der Waals surface area contributed by atoms with Crippen molar-refractivity contribution in [2.75, 3.05) is 11.8 Å². The first kappa shape index (κ1) is 14.3. The number of hydrogen-bond acceptors (Lipinski definition) is 3. The van der Waals surface area contributed by atoms with Crippen molar-refractivity contribution < 1.29 is 13.2 Å². The Kier molecular flexibility index (Phi) is 4.43. The second kappa shape index (κ2) is 5.27. The molecule has 0 bridgehead atoms.